The molecule has 0 spiro atoms. The maximum atomic E-state index is 12.9. The Morgan fingerprint density at radius 1 is 0.814 bits per heavy atom. The van der Waals surface area contributed by atoms with Crippen LogP contribution in [0.15, 0.2) is 53.5 Å². The number of rotatable bonds is 15. The first-order valence-electron chi connectivity index (χ1n) is 12.3. The van der Waals surface area contributed by atoms with Crippen LogP contribution in [0.3, 0.4) is 0 Å². The van der Waals surface area contributed by atoms with Crippen molar-refractivity contribution in [2.75, 3.05) is 6.54 Å². The van der Waals surface area contributed by atoms with Gasteiger partial charge < -0.3 is 47.1 Å². The van der Waals surface area contributed by atoms with Gasteiger partial charge in [0, 0.05) is 6.04 Å². The molecule has 230 valence electrons. The zero-order chi connectivity index (χ0) is 32.3. The van der Waals surface area contributed by atoms with E-state index < -0.39 is 79.9 Å². The number of hydrogen-bond acceptors (Lipinski definition) is 10. The molecule has 0 aliphatic rings. The van der Waals surface area contributed by atoms with E-state index >= 15 is 0 Å². The van der Waals surface area contributed by atoms with Crippen molar-refractivity contribution in [3.8, 4) is 5.75 Å². The van der Waals surface area contributed by atoms with E-state index in [1.54, 1.807) is 0 Å². The molecule has 0 aliphatic heterocycles. The van der Waals surface area contributed by atoms with Gasteiger partial charge in [-0.25, -0.2) is 14.6 Å². The fraction of sp³-hybridized carbons (Fsp3) is 0.269. The molecule has 0 saturated heterocycles. The summed E-state index contributed by atoms with van der Waals surface area (Å²) in [7, 11) is 0. The number of esters is 1. The average molecular weight is 604 g/mol. The lowest BCUT2D eigenvalue weighted by atomic mass is 9.88. The molecule has 3 atom stereocenters. The van der Waals surface area contributed by atoms with Crippen molar-refractivity contribution in [2.24, 2.45) is 28.1 Å². The first-order chi connectivity index (χ1) is 20.2. The summed E-state index contributed by atoms with van der Waals surface area (Å²) in [5, 5.41) is 37.1. The van der Waals surface area contributed by atoms with Gasteiger partial charge in [0.1, 0.15) is 18.9 Å². The zero-order valence-electron chi connectivity index (χ0n) is 22.4. The van der Waals surface area contributed by atoms with Gasteiger partial charge in [0.25, 0.3) is 0 Å². The molecule has 0 saturated carbocycles. The molecule has 0 heterocycles. The molecule has 0 radical (unpaired) electrons. The lowest BCUT2D eigenvalue weighted by Crippen LogP contribution is -2.57. The number of carbonyl (C=O) groups excluding carboxylic acids is 2. The quantitative estimate of drug-likeness (QED) is 0.0618. The van der Waals surface area contributed by atoms with E-state index in [1.165, 1.54) is 48.5 Å². The van der Waals surface area contributed by atoms with Crippen molar-refractivity contribution < 1.29 is 58.7 Å². The Labute approximate surface area is 243 Å². The number of carboxylic acid groups (broad SMARTS) is 4. The first-order valence-corrected chi connectivity index (χ1v) is 12.3. The third kappa shape index (κ3) is 10.7. The number of aliphatic carboxylic acids is 4. The summed E-state index contributed by atoms with van der Waals surface area (Å²) < 4.78 is 10.4. The molecule has 2 rings (SSSR count). The molecular formula is C26H29N5O12. The van der Waals surface area contributed by atoms with Gasteiger partial charge in [-0.05, 0) is 42.0 Å². The smallest absolute Gasteiger partial charge is 0.410 e. The van der Waals surface area contributed by atoms with Gasteiger partial charge in [-0.15, -0.1) is 0 Å². The number of nitrogens with zero attached hydrogens (tertiary/aromatic N) is 2. The third-order valence-electron chi connectivity index (χ3n) is 5.80. The van der Waals surface area contributed by atoms with Crippen LogP contribution in [0.5, 0.6) is 5.75 Å². The number of hydrogen-bond donors (Lipinski definition) is 7. The largest absolute Gasteiger partial charge is 0.481 e. The summed E-state index contributed by atoms with van der Waals surface area (Å²) in [6, 6.07) is 7.99. The van der Waals surface area contributed by atoms with Crippen LogP contribution in [0.25, 0.3) is 0 Å². The monoisotopic (exact) mass is 603 g/mol. The first kappa shape index (κ1) is 33.5. The highest BCUT2D eigenvalue weighted by molar-refractivity contribution is 5.91. The van der Waals surface area contributed by atoms with E-state index in [1.807, 2.05) is 0 Å². The fourth-order valence-corrected chi connectivity index (χ4v) is 3.81. The van der Waals surface area contributed by atoms with Gasteiger partial charge in [-0.2, -0.15) is 0 Å². The van der Waals surface area contributed by atoms with Gasteiger partial charge in [0.05, 0.1) is 36.1 Å². The molecule has 43 heavy (non-hydrogen) atoms. The van der Waals surface area contributed by atoms with Crippen LogP contribution in [-0.2, 0) is 30.5 Å². The van der Waals surface area contributed by atoms with Crippen LogP contribution in [-0.4, -0.2) is 85.9 Å². The maximum Gasteiger partial charge on any atom is 0.410 e. The number of carbonyl (C=O) groups is 6. The van der Waals surface area contributed by atoms with Crippen LogP contribution in [0, 0.1) is 5.92 Å². The van der Waals surface area contributed by atoms with Gasteiger partial charge in [-0.3, -0.25) is 24.1 Å². The normalized spacial score (nSPS) is 12.6. The second kappa shape index (κ2) is 15.3. The molecule has 1 amide bonds. The Kier molecular flexibility index (Phi) is 11.9. The molecule has 17 heteroatoms. The Bertz CT molecular complexity index is 1370. The summed E-state index contributed by atoms with van der Waals surface area (Å²) in [6.07, 6.45) is -3.35. The van der Waals surface area contributed by atoms with Crippen LogP contribution in [0.4, 0.5) is 10.5 Å². The van der Waals surface area contributed by atoms with E-state index in [0.717, 1.165) is 0 Å². The highest BCUT2D eigenvalue weighted by Crippen LogP contribution is 2.21. The minimum absolute atomic E-state index is 0.131. The molecule has 0 aromatic heterocycles. The maximum absolute atomic E-state index is 12.9. The van der Waals surface area contributed by atoms with E-state index in [4.69, 9.17) is 31.8 Å². The van der Waals surface area contributed by atoms with Crippen molar-refractivity contribution >= 4 is 47.6 Å². The molecule has 2 aromatic rings. The lowest BCUT2D eigenvalue weighted by molar-refractivity contribution is -0.150. The van der Waals surface area contributed by atoms with E-state index in [0.29, 0.717) is 16.2 Å². The highest BCUT2D eigenvalue weighted by atomic mass is 16.6. The van der Waals surface area contributed by atoms with Crippen molar-refractivity contribution in [1.82, 2.24) is 4.90 Å². The molecule has 2 aromatic carbocycles. The van der Waals surface area contributed by atoms with Gasteiger partial charge >= 0.3 is 35.9 Å². The SMILES string of the molecule is NC(N)=Nc1ccc(C(=O)Oc2ccc(COC(=O)N(CC(=O)O)C(CC(=O)O)C(N)[C@H](CC(=O)O)C(=O)O)cc2)cc1. The van der Waals surface area contributed by atoms with Gasteiger partial charge in [-0.1, -0.05) is 12.1 Å². The summed E-state index contributed by atoms with van der Waals surface area (Å²) in [5.41, 5.74) is 17.5. The molecular weight excluding hydrogens is 574 g/mol. The van der Waals surface area contributed by atoms with Crippen LogP contribution < -0.4 is 21.9 Å². The van der Waals surface area contributed by atoms with Crippen molar-refractivity contribution in [3.05, 3.63) is 59.7 Å². The number of carboxylic acids is 4. The minimum atomic E-state index is -1.85. The molecule has 2 unspecified atom stereocenters. The Morgan fingerprint density at radius 2 is 1.40 bits per heavy atom. The predicted octanol–water partition coefficient (Wildman–Crippen LogP) is 0.180. The molecule has 0 fully saturated rings. The summed E-state index contributed by atoms with van der Waals surface area (Å²) in [4.78, 5) is 75.3. The number of ether oxygens (including phenoxy) is 2. The average Bonchev–Trinajstić information content (AvgIpc) is 2.92. The summed E-state index contributed by atoms with van der Waals surface area (Å²) in [6.45, 7) is -1.58. The van der Waals surface area contributed by atoms with Gasteiger partial charge in [0.15, 0.2) is 5.96 Å². The number of benzene rings is 2. The second-order valence-corrected chi connectivity index (χ2v) is 8.98. The van der Waals surface area contributed by atoms with Crippen LogP contribution >= 0.6 is 0 Å². The van der Waals surface area contributed by atoms with E-state index in [-0.39, 0.29) is 17.3 Å². The van der Waals surface area contributed by atoms with E-state index in [2.05, 4.69) is 4.99 Å². The van der Waals surface area contributed by atoms with Crippen molar-refractivity contribution in [1.29, 1.82) is 0 Å². The Morgan fingerprint density at radius 3 is 1.88 bits per heavy atom. The third-order valence-corrected chi connectivity index (χ3v) is 5.80. The Hall–Kier alpha value is -5.71. The highest BCUT2D eigenvalue weighted by Gasteiger charge is 2.40. The predicted molar refractivity (Wildman–Crippen MR) is 145 cm³/mol. The van der Waals surface area contributed by atoms with Crippen molar-refractivity contribution in [3.63, 3.8) is 0 Å². The number of amides is 1. The molecule has 0 bridgehead atoms. The van der Waals surface area contributed by atoms with E-state index in [9.17, 15) is 44.1 Å². The molecule has 0 aliphatic carbocycles. The Balaban J connectivity index is 2.14. The van der Waals surface area contributed by atoms with Crippen molar-refractivity contribution in [2.45, 2.75) is 31.5 Å². The summed E-state index contributed by atoms with van der Waals surface area (Å²) in [5.74, 6) is -8.95. The zero-order valence-corrected chi connectivity index (χ0v) is 22.4. The molecule has 17 nitrogen and oxygen atoms in total. The standard InChI is InChI=1S/C26H29N5O12/c27-22(17(23(38)39)9-19(32)33)18(10-20(34)35)31(11-21(36)37)26(41)42-12-13-1-7-16(8-2-13)43-24(40)14-3-5-15(6-4-14)30-25(28)29/h1-8,17-18,22H,9-12,27H2,(H,32,33)(H,34,35)(H,36,37)(H,38,39)(H4,28,29,30)/t17-,18?,22?/m0/s1. The second-order valence-electron chi connectivity index (χ2n) is 8.98. The van der Waals surface area contributed by atoms with Crippen LogP contribution in [0.2, 0.25) is 0 Å². The fourth-order valence-electron chi connectivity index (χ4n) is 3.81. The topological polar surface area (TPSA) is 295 Å². The van der Waals surface area contributed by atoms with Crippen LogP contribution in [0.1, 0.15) is 28.8 Å². The van der Waals surface area contributed by atoms with Gasteiger partial charge in [0.2, 0.25) is 0 Å². The minimum Gasteiger partial charge on any atom is -0.481 e. The summed E-state index contributed by atoms with van der Waals surface area (Å²) >= 11 is 0. The molecule has 10 N–H and O–H groups in total. The number of guanidine groups is 1. The number of nitrogens with two attached hydrogens (primary N) is 3. The number of aliphatic imine (C=N–C) groups is 1. The lowest BCUT2D eigenvalue weighted by Gasteiger charge is -2.35.